The first-order valence-electron chi connectivity index (χ1n) is 6.57. The summed E-state index contributed by atoms with van der Waals surface area (Å²) in [5.74, 6) is 0. The average molecular weight is 427 g/mol. The van der Waals surface area contributed by atoms with Gasteiger partial charge in [0.15, 0.2) is 0 Å². The SMILES string of the molecule is Clc1ccc(/C=N/Nc2nc(-c3ccc(Br)cc3)cs2)c(Cl)c1. The molecule has 0 aliphatic heterocycles. The largest absolute Gasteiger partial charge is 0.253 e. The van der Waals surface area contributed by atoms with Gasteiger partial charge in [-0.3, -0.25) is 5.43 Å². The van der Waals surface area contributed by atoms with E-state index in [2.05, 4.69) is 31.4 Å². The molecule has 0 amide bonds. The van der Waals surface area contributed by atoms with Gasteiger partial charge in [-0.15, -0.1) is 11.3 Å². The smallest absolute Gasteiger partial charge is 0.203 e. The van der Waals surface area contributed by atoms with E-state index in [9.17, 15) is 0 Å². The fourth-order valence-electron chi connectivity index (χ4n) is 1.84. The number of halogens is 3. The molecule has 3 rings (SSSR count). The molecule has 1 aromatic heterocycles. The maximum atomic E-state index is 6.09. The van der Waals surface area contributed by atoms with Crippen LogP contribution in [-0.4, -0.2) is 11.2 Å². The van der Waals surface area contributed by atoms with Crippen molar-refractivity contribution in [3.05, 3.63) is 67.9 Å². The molecule has 116 valence electrons. The van der Waals surface area contributed by atoms with Crippen LogP contribution < -0.4 is 5.43 Å². The van der Waals surface area contributed by atoms with Crippen molar-refractivity contribution in [1.82, 2.24) is 4.98 Å². The van der Waals surface area contributed by atoms with E-state index < -0.39 is 0 Å². The van der Waals surface area contributed by atoms with Gasteiger partial charge in [-0.1, -0.05) is 57.3 Å². The Morgan fingerprint density at radius 1 is 1.13 bits per heavy atom. The van der Waals surface area contributed by atoms with E-state index in [0.717, 1.165) is 21.3 Å². The Bertz CT molecular complexity index is 847. The van der Waals surface area contributed by atoms with Crippen LogP contribution >= 0.6 is 50.5 Å². The molecule has 7 heteroatoms. The molecule has 3 aromatic rings. The molecule has 3 nitrogen and oxygen atoms in total. The molecule has 0 atom stereocenters. The van der Waals surface area contributed by atoms with E-state index in [1.54, 1.807) is 18.3 Å². The van der Waals surface area contributed by atoms with Gasteiger partial charge in [-0.05, 0) is 24.3 Å². The highest BCUT2D eigenvalue weighted by atomic mass is 79.9. The number of hydrogen-bond donors (Lipinski definition) is 1. The second-order valence-corrected chi connectivity index (χ2v) is 7.20. The third kappa shape index (κ3) is 4.32. The van der Waals surface area contributed by atoms with Crippen molar-refractivity contribution >= 4 is 61.8 Å². The minimum absolute atomic E-state index is 0.553. The fourth-order valence-corrected chi connectivity index (χ4v) is 3.23. The van der Waals surface area contributed by atoms with E-state index in [4.69, 9.17) is 23.2 Å². The summed E-state index contributed by atoms with van der Waals surface area (Å²) in [6.07, 6.45) is 1.64. The number of thiazole rings is 1. The minimum atomic E-state index is 0.553. The van der Waals surface area contributed by atoms with E-state index in [-0.39, 0.29) is 0 Å². The number of hydrogen-bond acceptors (Lipinski definition) is 4. The Balaban J connectivity index is 1.69. The van der Waals surface area contributed by atoms with Crippen molar-refractivity contribution in [2.75, 3.05) is 5.43 Å². The number of nitrogens with one attached hydrogen (secondary N) is 1. The summed E-state index contributed by atoms with van der Waals surface area (Å²) in [5.41, 5.74) is 5.66. The molecule has 23 heavy (non-hydrogen) atoms. The molecule has 1 N–H and O–H groups in total. The number of nitrogens with zero attached hydrogens (tertiary/aromatic N) is 2. The Morgan fingerprint density at radius 3 is 2.65 bits per heavy atom. The predicted molar refractivity (Wildman–Crippen MR) is 103 cm³/mol. The van der Waals surface area contributed by atoms with Gasteiger partial charge in [0, 0.05) is 26.0 Å². The number of benzene rings is 2. The lowest BCUT2D eigenvalue weighted by Gasteiger charge is -1.98. The van der Waals surface area contributed by atoms with Crippen molar-refractivity contribution in [2.45, 2.75) is 0 Å². The highest BCUT2D eigenvalue weighted by Gasteiger charge is 2.04. The van der Waals surface area contributed by atoms with Gasteiger partial charge in [0.25, 0.3) is 0 Å². The van der Waals surface area contributed by atoms with Crippen molar-refractivity contribution in [3.63, 3.8) is 0 Å². The summed E-state index contributed by atoms with van der Waals surface area (Å²) in [5, 5.41) is 8.01. The predicted octanol–water partition coefficient (Wildman–Crippen LogP) is 6.33. The highest BCUT2D eigenvalue weighted by molar-refractivity contribution is 9.10. The van der Waals surface area contributed by atoms with Crippen molar-refractivity contribution in [2.24, 2.45) is 5.10 Å². The molecular weight excluding hydrogens is 417 g/mol. The normalized spacial score (nSPS) is 11.1. The molecule has 1 heterocycles. The Kier molecular flexibility index (Phi) is 5.33. The van der Waals surface area contributed by atoms with Crippen LogP contribution in [0.5, 0.6) is 0 Å². The number of aromatic nitrogens is 1. The summed E-state index contributed by atoms with van der Waals surface area (Å²) < 4.78 is 1.04. The quantitative estimate of drug-likeness (QED) is 0.391. The molecule has 0 aliphatic rings. The summed E-state index contributed by atoms with van der Waals surface area (Å²) in [4.78, 5) is 4.50. The van der Waals surface area contributed by atoms with Gasteiger partial charge < -0.3 is 0 Å². The summed E-state index contributed by atoms with van der Waals surface area (Å²) in [7, 11) is 0. The van der Waals surface area contributed by atoms with Gasteiger partial charge in [0.2, 0.25) is 5.13 Å². The molecular formula is C16H10BrCl2N3S. The first-order valence-corrected chi connectivity index (χ1v) is 9.00. The second-order valence-electron chi connectivity index (χ2n) is 4.58. The topological polar surface area (TPSA) is 37.3 Å². The van der Waals surface area contributed by atoms with Crippen LogP contribution in [0.4, 0.5) is 5.13 Å². The summed E-state index contributed by atoms with van der Waals surface area (Å²) in [6.45, 7) is 0. The Hall–Kier alpha value is -1.40. The van der Waals surface area contributed by atoms with Crippen molar-refractivity contribution in [1.29, 1.82) is 0 Å². The second kappa shape index (κ2) is 7.45. The zero-order valence-corrected chi connectivity index (χ0v) is 15.5. The van der Waals surface area contributed by atoms with Gasteiger partial charge in [-0.2, -0.15) is 5.10 Å². The first-order chi connectivity index (χ1) is 11.1. The van der Waals surface area contributed by atoms with E-state index in [1.165, 1.54) is 11.3 Å². The number of rotatable bonds is 4. The average Bonchev–Trinajstić information content (AvgIpc) is 2.99. The molecule has 0 spiro atoms. The molecule has 0 fully saturated rings. The molecule has 2 aromatic carbocycles. The Labute approximate surface area is 156 Å². The van der Waals surface area contributed by atoms with E-state index in [1.807, 2.05) is 35.7 Å². The zero-order valence-electron chi connectivity index (χ0n) is 11.6. The zero-order chi connectivity index (χ0) is 16.2. The minimum Gasteiger partial charge on any atom is -0.253 e. The third-order valence-corrected chi connectivity index (χ3v) is 4.81. The summed E-state index contributed by atoms with van der Waals surface area (Å²) in [6, 6.07) is 13.3. The van der Waals surface area contributed by atoms with E-state index >= 15 is 0 Å². The molecule has 0 aliphatic carbocycles. The first kappa shape index (κ1) is 16.5. The number of anilines is 1. The van der Waals surface area contributed by atoms with E-state index in [0.29, 0.717) is 15.2 Å². The summed E-state index contributed by atoms with van der Waals surface area (Å²) >= 11 is 16.9. The monoisotopic (exact) mass is 425 g/mol. The van der Waals surface area contributed by atoms with Crippen LogP contribution in [0.3, 0.4) is 0 Å². The maximum absolute atomic E-state index is 6.09. The van der Waals surface area contributed by atoms with Crippen LogP contribution in [0.25, 0.3) is 11.3 Å². The van der Waals surface area contributed by atoms with Crippen molar-refractivity contribution in [3.8, 4) is 11.3 Å². The van der Waals surface area contributed by atoms with Gasteiger partial charge >= 0.3 is 0 Å². The van der Waals surface area contributed by atoms with Crippen LogP contribution in [-0.2, 0) is 0 Å². The maximum Gasteiger partial charge on any atom is 0.203 e. The standard InChI is InChI=1S/C16H10BrCl2N3S/c17-12-4-1-10(2-5-12)15-9-23-16(21-15)22-20-8-11-3-6-13(18)7-14(11)19/h1-9H,(H,21,22)/b20-8+. The van der Waals surface area contributed by atoms with Gasteiger partial charge in [0.05, 0.1) is 16.9 Å². The molecule has 0 unspecified atom stereocenters. The molecule has 0 saturated heterocycles. The van der Waals surface area contributed by atoms with Crippen LogP contribution in [0.15, 0.2) is 57.4 Å². The molecule has 0 radical (unpaired) electrons. The number of hydrazone groups is 1. The van der Waals surface area contributed by atoms with Crippen molar-refractivity contribution < 1.29 is 0 Å². The lowest BCUT2D eigenvalue weighted by molar-refractivity contribution is 1.29. The van der Waals surface area contributed by atoms with Gasteiger partial charge in [-0.25, -0.2) is 4.98 Å². The highest BCUT2D eigenvalue weighted by Crippen LogP contribution is 2.26. The van der Waals surface area contributed by atoms with Crippen LogP contribution in [0, 0.1) is 0 Å². The van der Waals surface area contributed by atoms with Crippen LogP contribution in [0.1, 0.15) is 5.56 Å². The van der Waals surface area contributed by atoms with Crippen LogP contribution in [0.2, 0.25) is 10.0 Å². The molecule has 0 saturated carbocycles. The lowest BCUT2D eigenvalue weighted by Crippen LogP contribution is -1.91. The van der Waals surface area contributed by atoms with Gasteiger partial charge in [0.1, 0.15) is 0 Å². The fraction of sp³-hybridized carbons (Fsp3) is 0. The lowest BCUT2D eigenvalue weighted by atomic mass is 10.2. The molecule has 0 bridgehead atoms. The Morgan fingerprint density at radius 2 is 1.91 bits per heavy atom. The third-order valence-electron chi connectivity index (χ3n) is 2.97.